The highest BCUT2D eigenvalue weighted by atomic mass is 16.5. The first kappa shape index (κ1) is 25.9. The van der Waals surface area contributed by atoms with Crippen LogP contribution in [0.4, 0.5) is 17.2 Å². The van der Waals surface area contributed by atoms with Crippen molar-refractivity contribution in [3.8, 4) is 11.3 Å². The number of likely N-dealkylation sites (tertiary alicyclic amines) is 1. The lowest BCUT2D eigenvalue weighted by atomic mass is 10.1. The van der Waals surface area contributed by atoms with Crippen LogP contribution >= 0.6 is 0 Å². The van der Waals surface area contributed by atoms with E-state index in [2.05, 4.69) is 70.1 Å². The van der Waals surface area contributed by atoms with Crippen LogP contribution in [-0.2, 0) is 16.1 Å². The molecule has 1 atom stereocenters. The number of hydrogen-bond acceptors (Lipinski definition) is 9. The molecule has 0 bridgehead atoms. The van der Waals surface area contributed by atoms with E-state index in [0.29, 0.717) is 19.8 Å². The highest BCUT2D eigenvalue weighted by molar-refractivity contribution is 5.92. The van der Waals surface area contributed by atoms with E-state index in [9.17, 15) is 4.79 Å². The maximum atomic E-state index is 11.6. The summed E-state index contributed by atoms with van der Waals surface area (Å²) in [5, 5.41) is 7.39. The molecule has 0 aliphatic carbocycles. The van der Waals surface area contributed by atoms with Crippen molar-refractivity contribution in [3.05, 3.63) is 67.5 Å². The summed E-state index contributed by atoms with van der Waals surface area (Å²) in [4.78, 5) is 37.7. The number of anilines is 3. The van der Waals surface area contributed by atoms with Gasteiger partial charge in [-0.05, 0) is 49.2 Å². The van der Waals surface area contributed by atoms with Crippen LogP contribution in [0.15, 0.2) is 61.7 Å². The van der Waals surface area contributed by atoms with E-state index in [1.165, 1.54) is 6.08 Å². The van der Waals surface area contributed by atoms with Crippen molar-refractivity contribution in [2.45, 2.75) is 25.4 Å². The molecule has 6 rings (SSSR count). The summed E-state index contributed by atoms with van der Waals surface area (Å²) < 4.78 is 5.49. The zero-order valence-corrected chi connectivity index (χ0v) is 22.3. The van der Waals surface area contributed by atoms with Gasteiger partial charge >= 0.3 is 0 Å². The smallest absolute Gasteiger partial charge is 0.243 e. The number of aromatic amines is 1. The van der Waals surface area contributed by atoms with E-state index in [-0.39, 0.29) is 11.9 Å². The fraction of sp³-hybridized carbons (Fsp3) is 0.345. The Labute approximate surface area is 232 Å². The molecular weight excluding hydrogens is 506 g/mol. The van der Waals surface area contributed by atoms with Crippen LogP contribution in [-0.4, -0.2) is 81.2 Å². The summed E-state index contributed by atoms with van der Waals surface area (Å²) in [6.07, 6.45) is 8.55. The van der Waals surface area contributed by atoms with Gasteiger partial charge in [0.15, 0.2) is 0 Å². The Bertz CT molecular complexity index is 1460. The summed E-state index contributed by atoms with van der Waals surface area (Å²) >= 11 is 0. The van der Waals surface area contributed by atoms with Crippen LogP contribution in [0.2, 0.25) is 0 Å². The molecule has 1 amide bonds. The number of rotatable bonds is 8. The maximum Gasteiger partial charge on any atom is 0.243 e. The molecule has 4 aromatic rings. The van der Waals surface area contributed by atoms with Gasteiger partial charge in [-0.15, -0.1) is 0 Å². The molecule has 40 heavy (non-hydrogen) atoms. The molecule has 2 fully saturated rings. The second-order valence-corrected chi connectivity index (χ2v) is 10.1. The SMILES string of the molecule is C=CC(=O)N[C@@H]1CCCN(Cc2ncc(Nc3ccc(-c4cc5c(N6CCOCC6)ncnc5[nH]4)cc3)cn2)C1. The Balaban J connectivity index is 1.08. The molecule has 0 saturated carbocycles. The highest BCUT2D eigenvalue weighted by Crippen LogP contribution is 2.30. The number of benzene rings is 1. The third-order valence-electron chi connectivity index (χ3n) is 7.31. The fourth-order valence-electron chi connectivity index (χ4n) is 5.29. The number of H-pyrrole nitrogens is 1. The molecular formula is C29H33N9O2. The third-order valence-corrected chi connectivity index (χ3v) is 7.31. The average molecular weight is 540 g/mol. The van der Waals surface area contributed by atoms with Gasteiger partial charge in [0.1, 0.15) is 23.6 Å². The van der Waals surface area contributed by atoms with E-state index in [4.69, 9.17) is 4.74 Å². The summed E-state index contributed by atoms with van der Waals surface area (Å²) in [7, 11) is 0. The van der Waals surface area contributed by atoms with E-state index in [1.807, 2.05) is 12.1 Å². The molecule has 0 radical (unpaired) electrons. The summed E-state index contributed by atoms with van der Waals surface area (Å²) in [5.74, 6) is 1.58. The number of hydrogen-bond donors (Lipinski definition) is 3. The van der Waals surface area contributed by atoms with Crippen LogP contribution in [0, 0.1) is 0 Å². The lowest BCUT2D eigenvalue weighted by molar-refractivity contribution is -0.117. The number of nitrogens with zero attached hydrogens (tertiary/aromatic N) is 6. The summed E-state index contributed by atoms with van der Waals surface area (Å²) in [6, 6.07) is 10.5. The standard InChI is InChI=1S/C29H33N9O2/c1-2-27(39)35-22-4-3-9-37(17-22)18-26-30-15-23(16-31-26)34-21-7-5-20(6-8-21)25-14-24-28(36-25)32-19-33-29(24)38-10-12-40-13-11-38/h2,5-8,14-16,19,22,34H,1,3-4,9-13,17-18H2,(H,35,39)(H,32,33,36)/t22-/m1/s1. The molecule has 5 heterocycles. The predicted molar refractivity (Wildman–Crippen MR) is 154 cm³/mol. The van der Waals surface area contributed by atoms with Gasteiger partial charge in [-0.25, -0.2) is 19.9 Å². The Morgan fingerprint density at radius 2 is 1.88 bits per heavy atom. The van der Waals surface area contributed by atoms with Crippen molar-refractivity contribution < 1.29 is 9.53 Å². The molecule has 2 aliphatic heterocycles. The van der Waals surface area contributed by atoms with Gasteiger partial charge in [-0.2, -0.15) is 0 Å². The van der Waals surface area contributed by atoms with E-state index in [1.54, 1.807) is 18.7 Å². The molecule has 0 spiro atoms. The monoisotopic (exact) mass is 539 g/mol. The van der Waals surface area contributed by atoms with Gasteiger partial charge in [-0.1, -0.05) is 18.7 Å². The maximum absolute atomic E-state index is 11.6. The number of nitrogens with one attached hydrogen (secondary N) is 3. The molecule has 1 aromatic carbocycles. The largest absolute Gasteiger partial charge is 0.378 e. The normalized spacial score (nSPS) is 18.0. The fourth-order valence-corrected chi connectivity index (χ4v) is 5.29. The van der Waals surface area contributed by atoms with Gasteiger partial charge in [0.2, 0.25) is 5.91 Å². The van der Waals surface area contributed by atoms with E-state index >= 15 is 0 Å². The van der Waals surface area contributed by atoms with E-state index in [0.717, 1.165) is 84.3 Å². The Hall–Kier alpha value is -4.35. The number of morpholine rings is 1. The van der Waals surface area contributed by atoms with Crippen LogP contribution < -0.4 is 15.5 Å². The van der Waals surface area contributed by atoms with Gasteiger partial charge in [0.25, 0.3) is 0 Å². The number of fused-ring (bicyclic) bond motifs is 1. The van der Waals surface area contributed by atoms with Crippen molar-refractivity contribution in [1.82, 2.24) is 35.1 Å². The molecule has 206 valence electrons. The third kappa shape index (κ3) is 5.95. The summed E-state index contributed by atoms with van der Waals surface area (Å²) in [5.41, 5.74) is 4.65. The number of aromatic nitrogens is 5. The molecule has 0 unspecified atom stereocenters. The second-order valence-electron chi connectivity index (χ2n) is 10.1. The quantitative estimate of drug-likeness (QED) is 0.289. The Kier molecular flexibility index (Phi) is 7.64. The first-order valence-corrected chi connectivity index (χ1v) is 13.6. The number of amides is 1. The minimum Gasteiger partial charge on any atom is -0.378 e. The summed E-state index contributed by atoms with van der Waals surface area (Å²) in [6.45, 7) is 9.00. The zero-order chi connectivity index (χ0) is 27.3. The van der Waals surface area contributed by atoms with Gasteiger partial charge in [-0.3, -0.25) is 9.69 Å². The molecule has 11 nitrogen and oxygen atoms in total. The average Bonchev–Trinajstić information content (AvgIpc) is 3.44. The Morgan fingerprint density at radius 1 is 1.07 bits per heavy atom. The Morgan fingerprint density at radius 3 is 2.65 bits per heavy atom. The van der Waals surface area contributed by atoms with Crippen molar-refractivity contribution in [2.24, 2.45) is 0 Å². The zero-order valence-electron chi connectivity index (χ0n) is 22.3. The van der Waals surface area contributed by atoms with E-state index < -0.39 is 0 Å². The van der Waals surface area contributed by atoms with Gasteiger partial charge in [0.05, 0.1) is 43.2 Å². The van der Waals surface area contributed by atoms with Crippen LogP contribution in [0.1, 0.15) is 18.7 Å². The number of piperidine rings is 1. The number of carbonyl (C=O) groups is 1. The van der Waals surface area contributed by atoms with Crippen molar-refractivity contribution in [2.75, 3.05) is 49.6 Å². The van der Waals surface area contributed by atoms with Crippen molar-refractivity contribution in [1.29, 1.82) is 0 Å². The molecule has 2 aliphatic rings. The molecule has 11 heteroatoms. The minimum atomic E-state index is -0.125. The van der Waals surface area contributed by atoms with Crippen LogP contribution in [0.25, 0.3) is 22.3 Å². The first-order chi connectivity index (χ1) is 19.6. The van der Waals surface area contributed by atoms with Crippen LogP contribution in [0.3, 0.4) is 0 Å². The lowest BCUT2D eigenvalue weighted by Gasteiger charge is -2.32. The minimum absolute atomic E-state index is 0.125. The van der Waals surface area contributed by atoms with Gasteiger partial charge in [0, 0.05) is 37.1 Å². The topological polar surface area (TPSA) is 124 Å². The van der Waals surface area contributed by atoms with Crippen molar-refractivity contribution >= 4 is 34.1 Å². The predicted octanol–water partition coefficient (Wildman–Crippen LogP) is 3.26. The van der Waals surface area contributed by atoms with Crippen molar-refractivity contribution in [3.63, 3.8) is 0 Å². The lowest BCUT2D eigenvalue weighted by Crippen LogP contribution is -2.47. The molecule has 3 N–H and O–H groups in total. The number of ether oxygens (including phenoxy) is 1. The number of carbonyl (C=O) groups excluding carboxylic acids is 1. The molecule has 3 aromatic heterocycles. The second kappa shape index (κ2) is 11.8. The highest BCUT2D eigenvalue weighted by Gasteiger charge is 2.21. The van der Waals surface area contributed by atoms with Gasteiger partial charge < -0.3 is 25.3 Å². The molecule has 2 saturated heterocycles. The first-order valence-electron chi connectivity index (χ1n) is 13.6. The van der Waals surface area contributed by atoms with Crippen LogP contribution in [0.5, 0.6) is 0 Å².